The van der Waals surface area contributed by atoms with Crippen LogP contribution in [-0.2, 0) is 4.79 Å². The van der Waals surface area contributed by atoms with Crippen molar-refractivity contribution in [2.75, 3.05) is 12.3 Å². The van der Waals surface area contributed by atoms with Gasteiger partial charge in [0.15, 0.2) is 6.61 Å². The SMILES string of the molecule is CC(C)C(NC(=O)COc1cccc(N)c1)c1cccs1. The number of nitrogens with one attached hydrogen (secondary N) is 1. The number of nitrogen functional groups attached to an aromatic ring is 1. The molecule has 0 radical (unpaired) electrons. The lowest BCUT2D eigenvalue weighted by Crippen LogP contribution is -2.34. The maximum atomic E-state index is 12.0. The summed E-state index contributed by atoms with van der Waals surface area (Å²) in [5.74, 6) is 0.784. The molecule has 2 aromatic rings. The Hall–Kier alpha value is -2.01. The van der Waals surface area contributed by atoms with Gasteiger partial charge in [0, 0.05) is 16.6 Å². The molecule has 0 aliphatic heterocycles. The van der Waals surface area contributed by atoms with Crippen LogP contribution in [0.2, 0.25) is 0 Å². The molecule has 4 nitrogen and oxygen atoms in total. The lowest BCUT2D eigenvalue weighted by Gasteiger charge is -2.21. The number of carbonyl (C=O) groups is 1. The van der Waals surface area contributed by atoms with E-state index >= 15 is 0 Å². The van der Waals surface area contributed by atoms with Crippen LogP contribution >= 0.6 is 11.3 Å². The highest BCUT2D eigenvalue weighted by Gasteiger charge is 2.19. The smallest absolute Gasteiger partial charge is 0.258 e. The summed E-state index contributed by atoms with van der Waals surface area (Å²) in [6.07, 6.45) is 0. The van der Waals surface area contributed by atoms with Crippen LogP contribution in [-0.4, -0.2) is 12.5 Å². The molecular weight excluding hydrogens is 284 g/mol. The second-order valence-electron chi connectivity index (χ2n) is 5.17. The Morgan fingerprint density at radius 3 is 2.76 bits per heavy atom. The van der Waals surface area contributed by atoms with E-state index in [1.54, 1.807) is 35.6 Å². The van der Waals surface area contributed by atoms with Crippen LogP contribution in [0.5, 0.6) is 5.75 Å². The van der Waals surface area contributed by atoms with Crippen LogP contribution < -0.4 is 15.8 Å². The first-order valence-electron chi connectivity index (χ1n) is 6.87. The fourth-order valence-corrected chi connectivity index (χ4v) is 2.95. The number of benzene rings is 1. The van der Waals surface area contributed by atoms with Gasteiger partial charge in [0.2, 0.25) is 0 Å². The number of hydrogen-bond acceptors (Lipinski definition) is 4. The molecule has 3 N–H and O–H groups in total. The molecule has 0 fully saturated rings. The maximum absolute atomic E-state index is 12.0. The molecule has 0 aliphatic carbocycles. The first kappa shape index (κ1) is 15.4. The van der Waals surface area contributed by atoms with Gasteiger partial charge in [-0.05, 0) is 29.5 Å². The van der Waals surface area contributed by atoms with Crippen molar-refractivity contribution in [1.82, 2.24) is 5.32 Å². The highest BCUT2D eigenvalue weighted by atomic mass is 32.1. The summed E-state index contributed by atoms with van der Waals surface area (Å²) in [6, 6.07) is 11.1. The molecule has 0 spiro atoms. The number of rotatable bonds is 6. The molecule has 1 amide bonds. The second-order valence-corrected chi connectivity index (χ2v) is 6.15. The van der Waals surface area contributed by atoms with Gasteiger partial charge in [-0.2, -0.15) is 0 Å². The van der Waals surface area contributed by atoms with Crippen molar-refractivity contribution in [1.29, 1.82) is 0 Å². The third-order valence-corrected chi connectivity index (χ3v) is 4.02. The Morgan fingerprint density at radius 2 is 2.14 bits per heavy atom. The molecule has 0 saturated carbocycles. The van der Waals surface area contributed by atoms with Crippen LogP contribution in [0.4, 0.5) is 5.69 Å². The number of ether oxygens (including phenoxy) is 1. The standard InChI is InChI=1S/C16H20N2O2S/c1-11(2)16(14-7-4-8-21-14)18-15(19)10-20-13-6-3-5-12(17)9-13/h3-9,11,16H,10,17H2,1-2H3,(H,18,19). The van der Waals surface area contributed by atoms with Gasteiger partial charge >= 0.3 is 0 Å². The Labute approximate surface area is 128 Å². The highest BCUT2D eigenvalue weighted by molar-refractivity contribution is 7.10. The normalized spacial score (nSPS) is 12.1. The van der Waals surface area contributed by atoms with E-state index in [2.05, 4.69) is 19.2 Å². The average molecular weight is 304 g/mol. The van der Waals surface area contributed by atoms with Gasteiger partial charge in [0.05, 0.1) is 6.04 Å². The van der Waals surface area contributed by atoms with E-state index in [9.17, 15) is 4.79 Å². The summed E-state index contributed by atoms with van der Waals surface area (Å²) in [7, 11) is 0. The lowest BCUT2D eigenvalue weighted by atomic mass is 10.0. The Bertz CT molecular complexity index is 582. The van der Waals surface area contributed by atoms with Crippen molar-refractivity contribution in [3.05, 3.63) is 46.7 Å². The topological polar surface area (TPSA) is 64.3 Å². The van der Waals surface area contributed by atoms with E-state index in [-0.39, 0.29) is 18.6 Å². The van der Waals surface area contributed by atoms with Crippen molar-refractivity contribution in [3.63, 3.8) is 0 Å². The molecule has 2 rings (SSSR count). The van der Waals surface area contributed by atoms with Gasteiger partial charge in [0.25, 0.3) is 5.91 Å². The fourth-order valence-electron chi connectivity index (χ4n) is 2.00. The number of amides is 1. The van der Waals surface area contributed by atoms with Crippen LogP contribution in [0.1, 0.15) is 24.8 Å². The second kappa shape index (κ2) is 7.13. The minimum absolute atomic E-state index is 0.0157. The minimum Gasteiger partial charge on any atom is -0.484 e. The monoisotopic (exact) mass is 304 g/mol. The van der Waals surface area contributed by atoms with Crippen molar-refractivity contribution in [2.24, 2.45) is 5.92 Å². The van der Waals surface area contributed by atoms with E-state index in [4.69, 9.17) is 10.5 Å². The molecular formula is C16H20N2O2S. The number of nitrogens with two attached hydrogens (primary N) is 1. The number of anilines is 1. The van der Waals surface area contributed by atoms with Crippen molar-refractivity contribution >= 4 is 22.9 Å². The van der Waals surface area contributed by atoms with E-state index in [1.807, 2.05) is 17.5 Å². The maximum Gasteiger partial charge on any atom is 0.258 e. The number of carbonyl (C=O) groups excluding carboxylic acids is 1. The van der Waals surface area contributed by atoms with Gasteiger partial charge in [-0.1, -0.05) is 26.0 Å². The minimum atomic E-state index is -0.135. The largest absolute Gasteiger partial charge is 0.484 e. The van der Waals surface area contributed by atoms with E-state index in [0.29, 0.717) is 17.4 Å². The van der Waals surface area contributed by atoms with Gasteiger partial charge in [0.1, 0.15) is 5.75 Å². The molecule has 1 aromatic carbocycles. The first-order chi connectivity index (χ1) is 10.1. The quantitative estimate of drug-likeness (QED) is 0.805. The summed E-state index contributed by atoms with van der Waals surface area (Å²) in [4.78, 5) is 13.2. The van der Waals surface area contributed by atoms with Crippen LogP contribution in [0.3, 0.4) is 0 Å². The molecule has 112 valence electrons. The van der Waals surface area contributed by atoms with Crippen molar-refractivity contribution in [3.8, 4) is 5.75 Å². The molecule has 0 saturated heterocycles. The molecule has 1 aromatic heterocycles. The molecule has 1 atom stereocenters. The zero-order chi connectivity index (χ0) is 15.2. The molecule has 0 bridgehead atoms. The highest BCUT2D eigenvalue weighted by Crippen LogP contribution is 2.25. The van der Waals surface area contributed by atoms with E-state index < -0.39 is 0 Å². The Balaban J connectivity index is 1.91. The Morgan fingerprint density at radius 1 is 1.33 bits per heavy atom. The summed E-state index contributed by atoms with van der Waals surface area (Å²) < 4.78 is 5.46. The first-order valence-corrected chi connectivity index (χ1v) is 7.75. The predicted octanol–water partition coefficient (Wildman–Crippen LogP) is 3.22. The zero-order valence-electron chi connectivity index (χ0n) is 12.2. The van der Waals surface area contributed by atoms with Crippen LogP contribution in [0, 0.1) is 5.92 Å². The summed E-state index contributed by atoms with van der Waals surface area (Å²) >= 11 is 1.65. The molecule has 1 unspecified atom stereocenters. The summed E-state index contributed by atoms with van der Waals surface area (Å²) in [5, 5.41) is 5.03. The molecule has 21 heavy (non-hydrogen) atoms. The van der Waals surface area contributed by atoms with Crippen LogP contribution in [0.15, 0.2) is 41.8 Å². The third-order valence-electron chi connectivity index (χ3n) is 3.06. The molecule has 1 heterocycles. The van der Waals surface area contributed by atoms with Crippen molar-refractivity contribution in [2.45, 2.75) is 19.9 Å². The lowest BCUT2D eigenvalue weighted by molar-refractivity contribution is -0.124. The van der Waals surface area contributed by atoms with E-state index in [0.717, 1.165) is 4.88 Å². The molecule has 5 heteroatoms. The number of hydrogen-bond donors (Lipinski definition) is 2. The Kier molecular flexibility index (Phi) is 5.22. The van der Waals surface area contributed by atoms with Gasteiger partial charge in [-0.15, -0.1) is 11.3 Å². The average Bonchev–Trinajstić information content (AvgIpc) is 2.96. The van der Waals surface area contributed by atoms with Crippen LogP contribution in [0.25, 0.3) is 0 Å². The van der Waals surface area contributed by atoms with E-state index in [1.165, 1.54) is 0 Å². The van der Waals surface area contributed by atoms with Gasteiger partial charge in [-0.3, -0.25) is 4.79 Å². The zero-order valence-corrected chi connectivity index (χ0v) is 13.0. The van der Waals surface area contributed by atoms with Gasteiger partial charge < -0.3 is 15.8 Å². The summed E-state index contributed by atoms with van der Waals surface area (Å²) in [5.41, 5.74) is 6.29. The predicted molar refractivity (Wildman–Crippen MR) is 86.4 cm³/mol. The fraction of sp³-hybridized carbons (Fsp3) is 0.312. The molecule has 0 aliphatic rings. The summed E-state index contributed by atoms with van der Waals surface area (Å²) in [6.45, 7) is 4.16. The third kappa shape index (κ3) is 4.49. The number of thiophene rings is 1. The van der Waals surface area contributed by atoms with Crippen molar-refractivity contribution < 1.29 is 9.53 Å². The van der Waals surface area contributed by atoms with Gasteiger partial charge in [-0.25, -0.2) is 0 Å².